The number of halogens is 2. The van der Waals surface area contributed by atoms with E-state index in [9.17, 15) is 17.2 Å². The predicted molar refractivity (Wildman–Crippen MR) is 119 cm³/mol. The van der Waals surface area contributed by atoms with Crippen LogP contribution in [0.15, 0.2) is 28.8 Å². The van der Waals surface area contributed by atoms with E-state index in [0.29, 0.717) is 30.8 Å². The van der Waals surface area contributed by atoms with Crippen LogP contribution in [-0.2, 0) is 9.84 Å². The fraction of sp³-hybridized carbons (Fsp3) is 0.625. The van der Waals surface area contributed by atoms with Crippen molar-refractivity contribution >= 4 is 9.84 Å². The Kier molecular flexibility index (Phi) is 6.11. The molecule has 1 heterocycles. The largest absolute Gasteiger partial charge is 0.493 e. The van der Waals surface area contributed by atoms with Gasteiger partial charge in [-0.25, -0.2) is 17.2 Å². The van der Waals surface area contributed by atoms with Crippen molar-refractivity contribution < 1.29 is 26.5 Å². The summed E-state index contributed by atoms with van der Waals surface area (Å²) in [5.74, 6) is -2.01. The van der Waals surface area contributed by atoms with E-state index in [1.54, 1.807) is 0 Å². The lowest BCUT2D eigenvalue weighted by Gasteiger charge is -2.46. The van der Waals surface area contributed by atoms with Gasteiger partial charge in [0.15, 0.2) is 9.84 Å². The molecular formula is C24H31F2NO4S. The van der Waals surface area contributed by atoms with Gasteiger partial charge in [0.25, 0.3) is 0 Å². The van der Waals surface area contributed by atoms with E-state index in [-0.39, 0.29) is 36.9 Å². The zero-order valence-electron chi connectivity index (χ0n) is 18.9. The fourth-order valence-electron chi connectivity index (χ4n) is 4.92. The first kappa shape index (κ1) is 23.2. The van der Waals surface area contributed by atoms with Gasteiger partial charge in [0.2, 0.25) is 5.92 Å². The van der Waals surface area contributed by atoms with Crippen molar-refractivity contribution in [3.63, 3.8) is 0 Å². The van der Waals surface area contributed by atoms with E-state index < -0.39 is 27.1 Å². The number of benzene rings is 1. The highest BCUT2D eigenvalue weighted by molar-refractivity contribution is 7.92. The highest BCUT2D eigenvalue weighted by Gasteiger charge is 2.53. The van der Waals surface area contributed by atoms with Crippen molar-refractivity contribution in [3.8, 4) is 17.0 Å². The summed E-state index contributed by atoms with van der Waals surface area (Å²) < 4.78 is 65.5. The van der Waals surface area contributed by atoms with Crippen molar-refractivity contribution in [1.82, 2.24) is 5.16 Å². The Labute approximate surface area is 188 Å². The molecule has 0 bridgehead atoms. The van der Waals surface area contributed by atoms with Gasteiger partial charge in [-0.15, -0.1) is 0 Å². The Balaban J connectivity index is 1.53. The molecule has 2 atom stereocenters. The van der Waals surface area contributed by atoms with Gasteiger partial charge >= 0.3 is 0 Å². The molecule has 1 aromatic heterocycles. The Morgan fingerprint density at radius 3 is 2.53 bits per heavy atom. The Bertz CT molecular complexity index is 1080. The lowest BCUT2D eigenvalue weighted by molar-refractivity contribution is -0.102. The van der Waals surface area contributed by atoms with Gasteiger partial charge in [-0.3, -0.25) is 0 Å². The average Bonchev–Trinajstić information content (AvgIpc) is 3.51. The van der Waals surface area contributed by atoms with Crippen molar-refractivity contribution in [3.05, 3.63) is 35.6 Å². The molecule has 5 nitrogen and oxygen atoms in total. The van der Waals surface area contributed by atoms with Gasteiger partial charge in [0.05, 0.1) is 17.6 Å². The summed E-state index contributed by atoms with van der Waals surface area (Å²) in [6.07, 6.45) is 1.54. The molecule has 8 heteroatoms. The second-order valence-corrected chi connectivity index (χ2v) is 11.9. The smallest absolute Gasteiger partial charge is 0.248 e. The van der Waals surface area contributed by atoms with Crippen LogP contribution in [0, 0.1) is 25.2 Å². The zero-order chi connectivity index (χ0) is 23.1. The van der Waals surface area contributed by atoms with Crippen molar-refractivity contribution in [2.75, 3.05) is 12.4 Å². The predicted octanol–water partition coefficient (Wildman–Crippen LogP) is 5.75. The van der Waals surface area contributed by atoms with E-state index in [1.165, 1.54) is 0 Å². The molecule has 2 fully saturated rings. The van der Waals surface area contributed by atoms with E-state index >= 15 is 0 Å². The molecule has 0 unspecified atom stereocenters. The number of nitrogens with zero attached hydrogens (tertiary/aromatic N) is 1. The summed E-state index contributed by atoms with van der Waals surface area (Å²) in [6.45, 7) is 5.71. The normalized spacial score (nSPS) is 25.6. The van der Waals surface area contributed by atoms with E-state index in [2.05, 4.69) is 5.16 Å². The van der Waals surface area contributed by atoms with Crippen LogP contribution in [0.1, 0.15) is 56.8 Å². The highest BCUT2D eigenvalue weighted by Crippen LogP contribution is 2.51. The number of hydrogen-bond acceptors (Lipinski definition) is 5. The van der Waals surface area contributed by atoms with Gasteiger partial charge in [-0.05, 0) is 68.7 Å². The molecule has 176 valence electrons. The lowest BCUT2D eigenvalue weighted by Crippen LogP contribution is -2.47. The third kappa shape index (κ3) is 4.85. The Morgan fingerprint density at radius 1 is 1.19 bits per heavy atom. The van der Waals surface area contributed by atoms with Crippen molar-refractivity contribution in [2.45, 2.75) is 70.5 Å². The molecule has 1 aromatic carbocycles. The third-order valence-corrected chi connectivity index (χ3v) is 9.63. The standard InChI is InChI=1S/C24H31F2NO4S/c1-4-23(15-32(28,29)20-6-7-20)9-10-24(25,26)13-19(23)14-30-22-8-5-18(11-16(22)2)21-12-17(3)31-27-21/h5,8,11-12,19-20H,4,6-7,9-10,13-15H2,1-3H3/t19-,23-/m1/s1. The fourth-order valence-corrected chi connectivity index (χ4v) is 7.39. The molecular weight excluding hydrogens is 436 g/mol. The third-order valence-electron chi connectivity index (χ3n) is 7.16. The van der Waals surface area contributed by atoms with Gasteiger partial charge in [-0.1, -0.05) is 12.1 Å². The molecule has 0 N–H and O–H groups in total. The van der Waals surface area contributed by atoms with Crippen LogP contribution >= 0.6 is 0 Å². The molecule has 0 aliphatic heterocycles. The van der Waals surface area contributed by atoms with E-state index in [4.69, 9.17) is 9.26 Å². The molecule has 0 saturated heterocycles. The minimum Gasteiger partial charge on any atom is -0.493 e. The molecule has 0 spiro atoms. The second-order valence-electron chi connectivity index (χ2n) is 9.59. The average molecular weight is 468 g/mol. The van der Waals surface area contributed by atoms with Crippen LogP contribution < -0.4 is 4.74 Å². The molecule has 2 aromatic rings. The van der Waals surface area contributed by atoms with Crippen LogP contribution in [0.2, 0.25) is 0 Å². The molecule has 0 amide bonds. The van der Waals surface area contributed by atoms with Gasteiger partial charge in [-0.2, -0.15) is 0 Å². The molecule has 0 radical (unpaired) electrons. The number of aromatic nitrogens is 1. The molecule has 4 rings (SSSR count). The molecule has 2 aliphatic rings. The topological polar surface area (TPSA) is 69.4 Å². The van der Waals surface area contributed by atoms with Crippen molar-refractivity contribution in [2.24, 2.45) is 11.3 Å². The first-order valence-electron chi connectivity index (χ1n) is 11.3. The van der Waals surface area contributed by atoms with Crippen LogP contribution in [0.3, 0.4) is 0 Å². The van der Waals surface area contributed by atoms with Crippen LogP contribution in [-0.4, -0.2) is 37.1 Å². The number of ether oxygens (including phenoxy) is 1. The SMILES string of the molecule is CC[C@]1(CS(=O)(=O)C2CC2)CCC(F)(F)C[C@@H]1COc1ccc(-c2cc(C)on2)cc1C. The maximum Gasteiger partial charge on any atom is 0.248 e. The lowest BCUT2D eigenvalue weighted by atomic mass is 9.65. The number of rotatable bonds is 8. The summed E-state index contributed by atoms with van der Waals surface area (Å²) in [7, 11) is -3.27. The van der Waals surface area contributed by atoms with Crippen LogP contribution in [0.25, 0.3) is 11.3 Å². The molecule has 32 heavy (non-hydrogen) atoms. The number of sulfone groups is 1. The number of aryl methyl sites for hydroxylation is 2. The molecule has 2 aliphatic carbocycles. The minimum atomic E-state index is -3.27. The second kappa shape index (κ2) is 8.43. The van der Waals surface area contributed by atoms with Crippen LogP contribution in [0.5, 0.6) is 5.75 Å². The monoisotopic (exact) mass is 467 g/mol. The van der Waals surface area contributed by atoms with E-state index in [1.807, 2.05) is 45.0 Å². The minimum absolute atomic E-state index is 0.0191. The summed E-state index contributed by atoms with van der Waals surface area (Å²) >= 11 is 0. The Morgan fingerprint density at radius 2 is 1.94 bits per heavy atom. The highest BCUT2D eigenvalue weighted by atomic mass is 32.2. The summed E-state index contributed by atoms with van der Waals surface area (Å²) in [5, 5.41) is 3.73. The summed E-state index contributed by atoms with van der Waals surface area (Å²) in [4.78, 5) is 0. The Hall–Kier alpha value is -1.96. The maximum absolute atomic E-state index is 14.4. The van der Waals surface area contributed by atoms with Crippen LogP contribution in [0.4, 0.5) is 8.78 Å². The quantitative estimate of drug-likeness (QED) is 0.495. The summed E-state index contributed by atoms with van der Waals surface area (Å²) in [5.41, 5.74) is 1.79. The number of alkyl halides is 2. The van der Waals surface area contributed by atoms with E-state index in [0.717, 1.165) is 16.8 Å². The van der Waals surface area contributed by atoms with Gasteiger partial charge in [0, 0.05) is 30.4 Å². The van der Waals surface area contributed by atoms with Gasteiger partial charge in [0.1, 0.15) is 17.2 Å². The summed E-state index contributed by atoms with van der Waals surface area (Å²) in [6, 6.07) is 7.44. The first-order valence-corrected chi connectivity index (χ1v) is 13.0. The van der Waals surface area contributed by atoms with Crippen molar-refractivity contribution in [1.29, 1.82) is 0 Å². The van der Waals surface area contributed by atoms with Gasteiger partial charge < -0.3 is 9.26 Å². The maximum atomic E-state index is 14.4. The first-order chi connectivity index (χ1) is 15.0. The molecule has 2 saturated carbocycles. The number of hydrogen-bond donors (Lipinski definition) is 0. The zero-order valence-corrected chi connectivity index (χ0v) is 19.7.